The van der Waals surface area contributed by atoms with Crippen molar-refractivity contribution in [2.75, 3.05) is 26.7 Å². The molecule has 6 heteroatoms. The van der Waals surface area contributed by atoms with Gasteiger partial charge in [-0.2, -0.15) is 4.31 Å². The summed E-state index contributed by atoms with van der Waals surface area (Å²) in [6, 6.07) is 7.00. The molecule has 0 spiro atoms. The number of hydrogen-bond donors (Lipinski definition) is 1. The average Bonchev–Trinajstić information content (AvgIpc) is 2.40. The van der Waals surface area contributed by atoms with Gasteiger partial charge >= 0.3 is 0 Å². The first-order chi connectivity index (χ1) is 9.05. The van der Waals surface area contributed by atoms with Gasteiger partial charge in [-0.25, -0.2) is 8.42 Å². The molecule has 1 aromatic rings. The van der Waals surface area contributed by atoms with Crippen molar-refractivity contribution in [1.82, 2.24) is 9.62 Å². The Morgan fingerprint density at radius 3 is 2.84 bits per heavy atom. The van der Waals surface area contributed by atoms with E-state index in [1.54, 1.807) is 22.5 Å². The van der Waals surface area contributed by atoms with Crippen LogP contribution in [0.25, 0.3) is 0 Å². The van der Waals surface area contributed by atoms with Gasteiger partial charge in [0.15, 0.2) is 0 Å². The molecule has 1 atom stereocenters. The molecule has 1 heterocycles. The number of nitrogens with zero attached hydrogens (tertiary/aromatic N) is 1. The molecular weight excluding hydrogens is 328 g/mol. The topological polar surface area (TPSA) is 49.4 Å². The maximum absolute atomic E-state index is 12.6. The molecule has 1 N–H and O–H groups in total. The molecule has 0 aliphatic carbocycles. The number of benzene rings is 1. The minimum Gasteiger partial charge on any atom is -0.319 e. The summed E-state index contributed by atoms with van der Waals surface area (Å²) in [6.07, 6.45) is 2.01. The molecule has 1 fully saturated rings. The predicted octanol–water partition coefficient (Wildman–Crippen LogP) is 2.07. The van der Waals surface area contributed by atoms with Crippen LogP contribution < -0.4 is 5.32 Å². The van der Waals surface area contributed by atoms with E-state index >= 15 is 0 Å². The molecule has 1 aliphatic heterocycles. The Hall–Kier alpha value is -0.430. The lowest BCUT2D eigenvalue weighted by Gasteiger charge is -2.32. The molecule has 2 rings (SSSR count). The van der Waals surface area contributed by atoms with E-state index < -0.39 is 10.0 Å². The van der Waals surface area contributed by atoms with E-state index in [0.29, 0.717) is 28.4 Å². The SMILES string of the molecule is CNCC1CCCN(S(=O)(=O)c2ccccc2Br)C1. The third-order valence-electron chi connectivity index (χ3n) is 3.43. The Labute approximate surface area is 123 Å². The van der Waals surface area contributed by atoms with Gasteiger partial charge in [0.05, 0.1) is 4.90 Å². The van der Waals surface area contributed by atoms with Crippen LogP contribution in [0.15, 0.2) is 33.6 Å². The molecular formula is C13H19BrN2O2S. The quantitative estimate of drug-likeness (QED) is 0.907. The van der Waals surface area contributed by atoms with Crippen molar-refractivity contribution in [1.29, 1.82) is 0 Å². The standard InChI is InChI=1S/C13H19BrN2O2S/c1-15-9-11-5-4-8-16(10-11)19(17,18)13-7-3-2-6-12(13)14/h2-3,6-7,11,15H,4-5,8-10H2,1H3. The molecule has 0 radical (unpaired) electrons. The smallest absolute Gasteiger partial charge is 0.244 e. The van der Waals surface area contributed by atoms with Crippen molar-refractivity contribution >= 4 is 26.0 Å². The molecule has 1 unspecified atom stereocenters. The lowest BCUT2D eigenvalue weighted by Crippen LogP contribution is -2.42. The first-order valence-electron chi connectivity index (χ1n) is 6.45. The van der Waals surface area contributed by atoms with Gasteiger partial charge in [0.25, 0.3) is 0 Å². The summed E-state index contributed by atoms with van der Waals surface area (Å²) in [5, 5.41) is 3.13. The molecule has 106 valence electrons. The van der Waals surface area contributed by atoms with Crippen molar-refractivity contribution in [2.24, 2.45) is 5.92 Å². The molecule has 0 amide bonds. The van der Waals surface area contributed by atoms with Crippen molar-refractivity contribution in [3.8, 4) is 0 Å². The summed E-state index contributed by atoms with van der Waals surface area (Å²) in [6.45, 7) is 2.08. The van der Waals surface area contributed by atoms with Crippen LogP contribution in [-0.4, -0.2) is 39.4 Å². The van der Waals surface area contributed by atoms with Crippen molar-refractivity contribution < 1.29 is 8.42 Å². The monoisotopic (exact) mass is 346 g/mol. The van der Waals surface area contributed by atoms with E-state index in [9.17, 15) is 8.42 Å². The second-order valence-corrected chi connectivity index (χ2v) is 7.62. The fraction of sp³-hybridized carbons (Fsp3) is 0.538. The summed E-state index contributed by atoms with van der Waals surface area (Å²) < 4.78 is 27.5. The fourth-order valence-corrected chi connectivity index (χ4v) is 5.01. The minimum atomic E-state index is -3.39. The van der Waals surface area contributed by atoms with Crippen LogP contribution in [0.4, 0.5) is 0 Å². The Morgan fingerprint density at radius 2 is 2.16 bits per heavy atom. The number of halogens is 1. The van der Waals surface area contributed by atoms with Crippen molar-refractivity contribution in [3.63, 3.8) is 0 Å². The van der Waals surface area contributed by atoms with E-state index in [4.69, 9.17) is 0 Å². The molecule has 0 saturated carbocycles. The number of sulfonamides is 1. The van der Waals surface area contributed by atoms with Crippen molar-refractivity contribution in [3.05, 3.63) is 28.7 Å². The van der Waals surface area contributed by atoms with Crippen LogP contribution in [0.3, 0.4) is 0 Å². The third kappa shape index (κ3) is 3.37. The minimum absolute atomic E-state index is 0.361. The highest BCUT2D eigenvalue weighted by molar-refractivity contribution is 9.10. The zero-order chi connectivity index (χ0) is 13.9. The van der Waals surface area contributed by atoms with Gasteiger partial charge in [-0.15, -0.1) is 0 Å². The summed E-state index contributed by atoms with van der Waals surface area (Å²) in [5.74, 6) is 0.399. The van der Waals surface area contributed by atoms with Gasteiger partial charge in [0, 0.05) is 17.6 Å². The average molecular weight is 347 g/mol. The highest BCUT2D eigenvalue weighted by atomic mass is 79.9. The molecule has 1 aromatic carbocycles. The second kappa shape index (κ2) is 6.35. The second-order valence-electron chi connectivity index (χ2n) is 4.86. The van der Waals surface area contributed by atoms with E-state index in [1.807, 2.05) is 13.1 Å². The fourth-order valence-electron chi connectivity index (χ4n) is 2.49. The van der Waals surface area contributed by atoms with E-state index in [2.05, 4.69) is 21.2 Å². The largest absolute Gasteiger partial charge is 0.319 e. The normalized spacial score (nSPS) is 21.5. The van der Waals surface area contributed by atoms with Gasteiger partial charge in [-0.1, -0.05) is 12.1 Å². The molecule has 4 nitrogen and oxygen atoms in total. The van der Waals surface area contributed by atoms with Crippen LogP contribution in [0.2, 0.25) is 0 Å². The van der Waals surface area contributed by atoms with Crippen molar-refractivity contribution in [2.45, 2.75) is 17.7 Å². The first kappa shape index (κ1) is 15.0. The van der Waals surface area contributed by atoms with Crippen LogP contribution in [0.1, 0.15) is 12.8 Å². The Morgan fingerprint density at radius 1 is 1.42 bits per heavy atom. The lowest BCUT2D eigenvalue weighted by atomic mass is 10.00. The van der Waals surface area contributed by atoms with Crippen LogP contribution in [0, 0.1) is 5.92 Å². The lowest BCUT2D eigenvalue weighted by molar-refractivity contribution is 0.263. The number of nitrogens with one attached hydrogen (secondary N) is 1. The number of piperidine rings is 1. The summed E-state index contributed by atoms with van der Waals surface area (Å²) in [7, 11) is -1.48. The Bertz CT molecular complexity index is 531. The van der Waals surface area contributed by atoms with E-state index in [-0.39, 0.29) is 0 Å². The van der Waals surface area contributed by atoms with Gasteiger partial charge in [0.1, 0.15) is 0 Å². The highest BCUT2D eigenvalue weighted by Crippen LogP contribution is 2.28. The number of rotatable bonds is 4. The van der Waals surface area contributed by atoms with Gasteiger partial charge < -0.3 is 5.32 Å². The third-order valence-corrected chi connectivity index (χ3v) is 6.31. The van der Waals surface area contributed by atoms with Crippen LogP contribution in [-0.2, 0) is 10.0 Å². The Kier molecular flexibility index (Phi) is 5.00. The molecule has 19 heavy (non-hydrogen) atoms. The maximum Gasteiger partial charge on any atom is 0.244 e. The van der Waals surface area contributed by atoms with E-state index in [1.165, 1.54) is 0 Å². The van der Waals surface area contributed by atoms with Crippen LogP contribution >= 0.6 is 15.9 Å². The van der Waals surface area contributed by atoms with E-state index in [0.717, 1.165) is 19.4 Å². The highest BCUT2D eigenvalue weighted by Gasteiger charge is 2.30. The molecule has 1 aliphatic rings. The van der Waals surface area contributed by atoms with Gasteiger partial charge in [-0.3, -0.25) is 0 Å². The zero-order valence-electron chi connectivity index (χ0n) is 11.0. The maximum atomic E-state index is 12.6. The van der Waals surface area contributed by atoms with Crippen LogP contribution in [0.5, 0.6) is 0 Å². The Balaban J connectivity index is 2.22. The molecule has 1 saturated heterocycles. The summed E-state index contributed by atoms with van der Waals surface area (Å²) in [5.41, 5.74) is 0. The summed E-state index contributed by atoms with van der Waals surface area (Å²) in [4.78, 5) is 0.361. The van der Waals surface area contributed by atoms with Gasteiger partial charge in [-0.05, 0) is 60.4 Å². The summed E-state index contributed by atoms with van der Waals surface area (Å²) >= 11 is 3.33. The number of hydrogen-bond acceptors (Lipinski definition) is 3. The molecule has 0 aromatic heterocycles. The first-order valence-corrected chi connectivity index (χ1v) is 8.68. The van der Waals surface area contributed by atoms with Gasteiger partial charge in [0.2, 0.25) is 10.0 Å². The predicted molar refractivity (Wildman–Crippen MR) is 79.6 cm³/mol. The molecule has 0 bridgehead atoms. The zero-order valence-corrected chi connectivity index (χ0v) is 13.4.